The zero-order chi connectivity index (χ0) is 14.4. The van der Waals surface area contributed by atoms with E-state index >= 15 is 0 Å². The second kappa shape index (κ2) is 7.29. The highest BCUT2D eigenvalue weighted by Gasteiger charge is 2.16. The zero-order valence-corrected chi connectivity index (χ0v) is 12.4. The first-order valence-electron chi connectivity index (χ1n) is 6.91. The van der Waals surface area contributed by atoms with Crippen LogP contribution in [-0.2, 0) is 11.2 Å². The Hall–Kier alpha value is -1.35. The van der Waals surface area contributed by atoms with Crippen LogP contribution in [0.5, 0.6) is 0 Å². The van der Waals surface area contributed by atoms with Crippen molar-refractivity contribution in [2.45, 2.75) is 33.6 Å². The number of carboxylic acids is 1. The van der Waals surface area contributed by atoms with Gasteiger partial charge in [0.15, 0.2) is 0 Å². The zero-order valence-electron chi connectivity index (χ0n) is 12.4. The summed E-state index contributed by atoms with van der Waals surface area (Å²) in [6.45, 7) is 7.68. The fourth-order valence-corrected chi connectivity index (χ4v) is 2.13. The molecule has 1 N–H and O–H groups in total. The van der Waals surface area contributed by atoms with Crippen molar-refractivity contribution in [3.05, 3.63) is 34.9 Å². The first kappa shape index (κ1) is 15.7. The van der Waals surface area contributed by atoms with E-state index in [4.69, 9.17) is 5.11 Å². The maximum absolute atomic E-state index is 11.0. The molecule has 1 atom stereocenters. The van der Waals surface area contributed by atoms with Crippen molar-refractivity contribution in [1.29, 1.82) is 0 Å². The van der Waals surface area contributed by atoms with Gasteiger partial charge in [-0.25, -0.2) is 0 Å². The Labute approximate surface area is 116 Å². The molecule has 0 amide bonds. The quantitative estimate of drug-likeness (QED) is 0.822. The summed E-state index contributed by atoms with van der Waals surface area (Å²) in [5, 5.41) is 9.05. The van der Waals surface area contributed by atoms with E-state index in [0.717, 1.165) is 13.0 Å². The molecule has 3 heteroatoms. The van der Waals surface area contributed by atoms with Crippen LogP contribution in [0.25, 0.3) is 0 Å². The SMILES string of the molecule is CCC(CN(C)CCc1ccc(C)c(C)c1)C(=O)O. The summed E-state index contributed by atoms with van der Waals surface area (Å²) in [5.74, 6) is -0.953. The molecule has 0 bridgehead atoms. The first-order chi connectivity index (χ1) is 8.93. The van der Waals surface area contributed by atoms with Crippen molar-refractivity contribution in [3.8, 4) is 0 Å². The summed E-state index contributed by atoms with van der Waals surface area (Å²) >= 11 is 0. The molecule has 0 aliphatic heterocycles. The third-order valence-corrected chi connectivity index (χ3v) is 3.73. The van der Waals surface area contributed by atoms with E-state index in [1.807, 2.05) is 14.0 Å². The highest BCUT2D eigenvalue weighted by molar-refractivity contribution is 5.70. The Bertz CT molecular complexity index is 429. The number of aryl methyl sites for hydroxylation is 2. The largest absolute Gasteiger partial charge is 0.481 e. The number of nitrogens with zero attached hydrogens (tertiary/aromatic N) is 1. The van der Waals surface area contributed by atoms with Gasteiger partial charge in [-0.3, -0.25) is 4.79 Å². The highest BCUT2D eigenvalue weighted by Crippen LogP contribution is 2.11. The molecule has 0 heterocycles. The molecule has 1 unspecified atom stereocenters. The summed E-state index contributed by atoms with van der Waals surface area (Å²) < 4.78 is 0. The van der Waals surface area contributed by atoms with Gasteiger partial charge in [0.25, 0.3) is 0 Å². The number of benzene rings is 1. The molecule has 106 valence electrons. The molecule has 0 spiro atoms. The van der Waals surface area contributed by atoms with E-state index in [9.17, 15) is 4.79 Å². The maximum atomic E-state index is 11.0. The van der Waals surface area contributed by atoms with E-state index in [0.29, 0.717) is 13.0 Å². The Balaban J connectivity index is 2.47. The molecular weight excluding hydrogens is 238 g/mol. The Morgan fingerprint density at radius 2 is 2.00 bits per heavy atom. The number of hydrogen-bond acceptors (Lipinski definition) is 2. The highest BCUT2D eigenvalue weighted by atomic mass is 16.4. The second-order valence-corrected chi connectivity index (χ2v) is 5.37. The Morgan fingerprint density at radius 3 is 2.53 bits per heavy atom. The monoisotopic (exact) mass is 263 g/mol. The topological polar surface area (TPSA) is 40.5 Å². The van der Waals surface area contributed by atoms with Crippen LogP contribution < -0.4 is 0 Å². The maximum Gasteiger partial charge on any atom is 0.307 e. The molecular formula is C16H25NO2. The van der Waals surface area contributed by atoms with Crippen LogP contribution >= 0.6 is 0 Å². The lowest BCUT2D eigenvalue weighted by molar-refractivity contribution is -0.142. The number of rotatable bonds is 7. The number of hydrogen-bond donors (Lipinski definition) is 1. The minimum Gasteiger partial charge on any atom is -0.481 e. The van der Waals surface area contributed by atoms with Crippen molar-refractivity contribution < 1.29 is 9.90 Å². The summed E-state index contributed by atoms with van der Waals surface area (Å²) in [6, 6.07) is 6.53. The lowest BCUT2D eigenvalue weighted by Gasteiger charge is -2.20. The Morgan fingerprint density at radius 1 is 1.32 bits per heavy atom. The third-order valence-electron chi connectivity index (χ3n) is 3.73. The molecule has 0 saturated heterocycles. The molecule has 0 aliphatic rings. The van der Waals surface area contributed by atoms with Gasteiger partial charge in [0, 0.05) is 13.1 Å². The average molecular weight is 263 g/mol. The molecule has 3 nitrogen and oxygen atoms in total. The number of aliphatic carboxylic acids is 1. The molecule has 19 heavy (non-hydrogen) atoms. The van der Waals surface area contributed by atoms with Crippen molar-refractivity contribution in [2.24, 2.45) is 5.92 Å². The lowest BCUT2D eigenvalue weighted by Crippen LogP contribution is -2.31. The van der Waals surface area contributed by atoms with Gasteiger partial charge < -0.3 is 10.0 Å². The van der Waals surface area contributed by atoms with Crippen LogP contribution in [0.4, 0.5) is 0 Å². The third kappa shape index (κ3) is 5.03. The van der Waals surface area contributed by atoms with Crippen molar-refractivity contribution in [3.63, 3.8) is 0 Å². The molecule has 1 aromatic carbocycles. The normalized spacial score (nSPS) is 12.7. The first-order valence-corrected chi connectivity index (χ1v) is 6.91. The van der Waals surface area contributed by atoms with Gasteiger partial charge >= 0.3 is 5.97 Å². The van der Waals surface area contributed by atoms with Crippen molar-refractivity contribution >= 4 is 5.97 Å². The van der Waals surface area contributed by atoms with E-state index in [1.54, 1.807) is 0 Å². The van der Waals surface area contributed by atoms with Crippen LogP contribution in [-0.4, -0.2) is 36.1 Å². The number of likely N-dealkylation sites (N-methyl/N-ethyl adjacent to an activating group) is 1. The Kier molecular flexibility index (Phi) is 6.03. The van der Waals surface area contributed by atoms with Gasteiger partial charge in [0.2, 0.25) is 0 Å². The predicted octanol–water partition coefficient (Wildman–Crippen LogP) is 2.89. The van der Waals surface area contributed by atoms with E-state index in [2.05, 4.69) is 36.9 Å². The number of carbonyl (C=O) groups is 1. The summed E-state index contributed by atoms with van der Waals surface area (Å²) in [4.78, 5) is 13.1. The predicted molar refractivity (Wildman–Crippen MR) is 78.5 cm³/mol. The number of carboxylic acid groups (broad SMARTS) is 1. The van der Waals surface area contributed by atoms with Gasteiger partial charge in [-0.05, 0) is 50.4 Å². The van der Waals surface area contributed by atoms with Crippen LogP contribution in [0, 0.1) is 19.8 Å². The smallest absolute Gasteiger partial charge is 0.307 e. The van der Waals surface area contributed by atoms with Gasteiger partial charge in [-0.15, -0.1) is 0 Å². The minimum atomic E-state index is -0.694. The van der Waals surface area contributed by atoms with E-state index in [1.165, 1.54) is 16.7 Å². The molecule has 1 aromatic rings. The fraction of sp³-hybridized carbons (Fsp3) is 0.562. The molecule has 1 rings (SSSR count). The van der Waals surface area contributed by atoms with Crippen molar-refractivity contribution in [1.82, 2.24) is 4.90 Å². The van der Waals surface area contributed by atoms with Crippen LogP contribution in [0.1, 0.15) is 30.0 Å². The van der Waals surface area contributed by atoms with Crippen molar-refractivity contribution in [2.75, 3.05) is 20.1 Å². The minimum absolute atomic E-state index is 0.259. The van der Waals surface area contributed by atoms with Gasteiger partial charge in [-0.1, -0.05) is 25.1 Å². The fourth-order valence-electron chi connectivity index (χ4n) is 2.13. The summed E-state index contributed by atoms with van der Waals surface area (Å²) in [7, 11) is 1.99. The van der Waals surface area contributed by atoms with Gasteiger partial charge in [-0.2, -0.15) is 0 Å². The second-order valence-electron chi connectivity index (χ2n) is 5.37. The molecule has 0 radical (unpaired) electrons. The van der Waals surface area contributed by atoms with E-state index < -0.39 is 5.97 Å². The van der Waals surface area contributed by atoms with E-state index in [-0.39, 0.29) is 5.92 Å². The molecule has 0 saturated carbocycles. The standard InChI is InChI=1S/C16H25NO2/c1-5-15(16(18)19)11-17(4)9-8-14-7-6-12(2)13(3)10-14/h6-7,10,15H,5,8-9,11H2,1-4H3,(H,18,19). The van der Waals surface area contributed by atoms with Crippen LogP contribution in [0.15, 0.2) is 18.2 Å². The van der Waals surface area contributed by atoms with Crippen LogP contribution in [0.3, 0.4) is 0 Å². The molecule has 0 fully saturated rings. The summed E-state index contributed by atoms with van der Waals surface area (Å²) in [5.41, 5.74) is 3.95. The molecule has 0 aromatic heterocycles. The van der Waals surface area contributed by atoms with Crippen LogP contribution in [0.2, 0.25) is 0 Å². The van der Waals surface area contributed by atoms with Gasteiger partial charge in [0.05, 0.1) is 5.92 Å². The van der Waals surface area contributed by atoms with Gasteiger partial charge in [0.1, 0.15) is 0 Å². The summed E-state index contributed by atoms with van der Waals surface area (Å²) in [6.07, 6.45) is 1.65. The average Bonchev–Trinajstić information content (AvgIpc) is 2.37. The lowest BCUT2D eigenvalue weighted by atomic mass is 10.0. The molecule has 0 aliphatic carbocycles.